The summed E-state index contributed by atoms with van der Waals surface area (Å²) < 4.78 is 1.17. The number of hydrogen-bond acceptors (Lipinski definition) is 1. The van der Waals surface area contributed by atoms with Crippen molar-refractivity contribution < 1.29 is 0 Å². The number of nitrogens with one attached hydrogen (secondary N) is 1. The van der Waals surface area contributed by atoms with Crippen molar-refractivity contribution in [3.63, 3.8) is 0 Å². The van der Waals surface area contributed by atoms with Crippen LogP contribution in [0.4, 0.5) is 5.69 Å². The number of aryl methyl sites for hydroxylation is 2. The van der Waals surface area contributed by atoms with Crippen molar-refractivity contribution in [2.75, 3.05) is 5.32 Å². The summed E-state index contributed by atoms with van der Waals surface area (Å²) in [6, 6.07) is 4.98. The SMILES string of the molecule is Cc1cc(Br)cc(C)c1NC1CC(C)(C)CC(C)(C)C1. The maximum atomic E-state index is 3.84. The van der Waals surface area contributed by atoms with Gasteiger partial charge in [0.05, 0.1) is 0 Å². The van der Waals surface area contributed by atoms with Crippen LogP contribution in [0.25, 0.3) is 0 Å². The molecule has 0 atom stereocenters. The third-order valence-corrected chi connectivity index (χ3v) is 4.86. The summed E-state index contributed by atoms with van der Waals surface area (Å²) in [5, 5.41) is 3.84. The van der Waals surface area contributed by atoms with E-state index in [1.807, 2.05) is 0 Å². The molecule has 0 heterocycles. The highest BCUT2D eigenvalue weighted by Crippen LogP contribution is 2.46. The fourth-order valence-corrected chi connectivity index (χ4v) is 4.98. The zero-order valence-corrected chi connectivity index (χ0v) is 15.3. The molecule has 112 valence electrons. The van der Waals surface area contributed by atoms with Crippen LogP contribution in [0.5, 0.6) is 0 Å². The Morgan fingerprint density at radius 3 is 1.90 bits per heavy atom. The largest absolute Gasteiger partial charge is 0.382 e. The Morgan fingerprint density at radius 1 is 1.00 bits per heavy atom. The van der Waals surface area contributed by atoms with Gasteiger partial charge in [-0.05, 0) is 67.2 Å². The average Bonchev–Trinajstić information content (AvgIpc) is 2.18. The number of hydrogen-bond donors (Lipinski definition) is 1. The van der Waals surface area contributed by atoms with Crippen molar-refractivity contribution in [2.24, 2.45) is 10.8 Å². The maximum absolute atomic E-state index is 3.84. The van der Waals surface area contributed by atoms with E-state index in [9.17, 15) is 0 Å². The van der Waals surface area contributed by atoms with Crippen LogP contribution in [-0.2, 0) is 0 Å². The highest BCUT2D eigenvalue weighted by Gasteiger charge is 2.38. The molecular formula is C18H28BrN. The molecule has 0 aliphatic heterocycles. The van der Waals surface area contributed by atoms with Crippen LogP contribution in [-0.4, -0.2) is 6.04 Å². The van der Waals surface area contributed by atoms with Gasteiger partial charge in [0.2, 0.25) is 0 Å². The first kappa shape index (κ1) is 15.9. The van der Waals surface area contributed by atoms with Crippen LogP contribution < -0.4 is 5.32 Å². The molecule has 1 aliphatic rings. The monoisotopic (exact) mass is 337 g/mol. The van der Waals surface area contributed by atoms with Gasteiger partial charge in [-0.2, -0.15) is 0 Å². The van der Waals surface area contributed by atoms with Crippen molar-refractivity contribution in [2.45, 2.75) is 66.8 Å². The van der Waals surface area contributed by atoms with E-state index in [4.69, 9.17) is 0 Å². The second kappa shape index (κ2) is 5.36. The van der Waals surface area contributed by atoms with E-state index < -0.39 is 0 Å². The molecule has 1 aromatic carbocycles. The summed E-state index contributed by atoms with van der Waals surface area (Å²) in [6.45, 7) is 14.0. The Kier molecular flexibility index (Phi) is 4.26. The van der Waals surface area contributed by atoms with Gasteiger partial charge in [0.15, 0.2) is 0 Å². The van der Waals surface area contributed by atoms with Gasteiger partial charge in [0, 0.05) is 16.2 Å². The quantitative estimate of drug-likeness (QED) is 0.689. The van der Waals surface area contributed by atoms with Gasteiger partial charge < -0.3 is 5.32 Å². The topological polar surface area (TPSA) is 12.0 Å². The minimum Gasteiger partial charge on any atom is -0.382 e. The average molecular weight is 338 g/mol. The molecule has 1 nitrogen and oxygen atoms in total. The van der Waals surface area contributed by atoms with Gasteiger partial charge in [-0.1, -0.05) is 43.6 Å². The zero-order chi connectivity index (χ0) is 15.1. The Hall–Kier alpha value is -0.500. The standard InChI is InChI=1S/C18H28BrN/c1-12-7-14(19)8-13(2)16(12)20-15-9-17(3,4)11-18(5,6)10-15/h7-8,15,20H,9-11H2,1-6H3. The van der Waals surface area contributed by atoms with Gasteiger partial charge in [-0.15, -0.1) is 0 Å². The Bertz CT molecular complexity index is 463. The molecule has 0 radical (unpaired) electrons. The van der Waals surface area contributed by atoms with E-state index >= 15 is 0 Å². The molecule has 0 bridgehead atoms. The lowest BCUT2D eigenvalue weighted by molar-refractivity contribution is 0.105. The summed E-state index contributed by atoms with van der Waals surface area (Å²) in [4.78, 5) is 0. The predicted octanol–water partition coefficient (Wildman–Crippen LogP) is 6.08. The summed E-state index contributed by atoms with van der Waals surface area (Å²) in [6.07, 6.45) is 3.83. The first-order valence-electron chi connectivity index (χ1n) is 7.61. The fraction of sp³-hybridized carbons (Fsp3) is 0.667. The van der Waals surface area contributed by atoms with Gasteiger partial charge in [-0.3, -0.25) is 0 Å². The minimum absolute atomic E-state index is 0.427. The first-order chi connectivity index (χ1) is 9.08. The first-order valence-corrected chi connectivity index (χ1v) is 8.41. The Balaban J connectivity index is 2.22. The van der Waals surface area contributed by atoms with E-state index in [1.54, 1.807) is 0 Å². The van der Waals surface area contributed by atoms with E-state index in [1.165, 1.54) is 40.5 Å². The van der Waals surface area contributed by atoms with E-state index in [2.05, 4.69) is 74.9 Å². The molecule has 1 fully saturated rings. The summed E-state index contributed by atoms with van der Waals surface area (Å²) in [5.41, 5.74) is 4.84. The van der Waals surface area contributed by atoms with Crippen LogP contribution in [0.3, 0.4) is 0 Å². The molecular weight excluding hydrogens is 310 g/mol. The lowest BCUT2D eigenvalue weighted by Crippen LogP contribution is -2.40. The fourth-order valence-electron chi connectivity index (χ4n) is 4.29. The predicted molar refractivity (Wildman–Crippen MR) is 92.4 cm³/mol. The second-order valence-corrected chi connectivity index (χ2v) is 9.08. The van der Waals surface area contributed by atoms with E-state index in [0.29, 0.717) is 16.9 Å². The molecule has 0 spiro atoms. The summed E-state index contributed by atoms with van der Waals surface area (Å²) in [5.74, 6) is 0. The van der Waals surface area contributed by atoms with Gasteiger partial charge in [-0.25, -0.2) is 0 Å². The van der Waals surface area contributed by atoms with Crippen molar-refractivity contribution in [3.8, 4) is 0 Å². The molecule has 0 amide bonds. The molecule has 2 heteroatoms. The molecule has 1 N–H and O–H groups in total. The van der Waals surface area contributed by atoms with Crippen LogP contribution in [0.15, 0.2) is 16.6 Å². The normalized spacial score (nSPS) is 21.8. The number of halogens is 1. The highest BCUT2D eigenvalue weighted by atomic mass is 79.9. The smallest absolute Gasteiger partial charge is 0.0402 e. The number of benzene rings is 1. The second-order valence-electron chi connectivity index (χ2n) is 8.17. The van der Waals surface area contributed by atoms with Crippen molar-refractivity contribution in [3.05, 3.63) is 27.7 Å². The number of anilines is 1. The molecule has 1 aliphatic carbocycles. The maximum Gasteiger partial charge on any atom is 0.0402 e. The molecule has 0 aromatic heterocycles. The minimum atomic E-state index is 0.427. The van der Waals surface area contributed by atoms with Crippen molar-refractivity contribution in [1.82, 2.24) is 0 Å². The van der Waals surface area contributed by atoms with Crippen molar-refractivity contribution in [1.29, 1.82) is 0 Å². The van der Waals surface area contributed by atoms with Crippen LogP contribution >= 0.6 is 15.9 Å². The van der Waals surface area contributed by atoms with E-state index in [0.717, 1.165) is 0 Å². The Morgan fingerprint density at radius 2 is 1.45 bits per heavy atom. The lowest BCUT2D eigenvalue weighted by Gasteiger charge is -2.45. The molecule has 2 rings (SSSR count). The third-order valence-electron chi connectivity index (χ3n) is 4.40. The zero-order valence-electron chi connectivity index (χ0n) is 13.7. The molecule has 0 unspecified atom stereocenters. The molecule has 1 saturated carbocycles. The molecule has 0 saturated heterocycles. The van der Waals surface area contributed by atoms with Gasteiger partial charge >= 0.3 is 0 Å². The molecule has 1 aromatic rings. The van der Waals surface area contributed by atoms with E-state index in [-0.39, 0.29) is 0 Å². The van der Waals surface area contributed by atoms with Crippen LogP contribution in [0.2, 0.25) is 0 Å². The third kappa shape index (κ3) is 3.78. The van der Waals surface area contributed by atoms with Gasteiger partial charge in [0.25, 0.3) is 0 Å². The van der Waals surface area contributed by atoms with Crippen LogP contribution in [0.1, 0.15) is 58.1 Å². The molecule has 20 heavy (non-hydrogen) atoms. The Labute approximate surface area is 132 Å². The van der Waals surface area contributed by atoms with Crippen LogP contribution in [0, 0.1) is 24.7 Å². The summed E-state index contributed by atoms with van der Waals surface area (Å²) in [7, 11) is 0. The van der Waals surface area contributed by atoms with Crippen molar-refractivity contribution >= 4 is 21.6 Å². The summed E-state index contributed by atoms with van der Waals surface area (Å²) >= 11 is 3.58. The number of rotatable bonds is 2. The highest BCUT2D eigenvalue weighted by molar-refractivity contribution is 9.10. The lowest BCUT2D eigenvalue weighted by atomic mass is 9.63. The van der Waals surface area contributed by atoms with Gasteiger partial charge in [0.1, 0.15) is 0 Å².